The number of carbonyl (C=O) groups excluding carboxylic acids is 2. The summed E-state index contributed by atoms with van der Waals surface area (Å²) in [6, 6.07) is 10.4. The van der Waals surface area contributed by atoms with Crippen LogP contribution in [0.4, 0.5) is 4.79 Å². The molecule has 5 nitrogen and oxygen atoms in total. The van der Waals surface area contributed by atoms with Crippen molar-refractivity contribution < 1.29 is 18.7 Å². The summed E-state index contributed by atoms with van der Waals surface area (Å²) >= 11 is 0. The number of alkyl carbamates (subject to hydrolysis) is 1. The summed E-state index contributed by atoms with van der Waals surface area (Å²) in [6.45, 7) is 7.26. The van der Waals surface area contributed by atoms with Crippen LogP contribution < -0.4 is 5.32 Å². The Hall–Kier alpha value is -2.56. The van der Waals surface area contributed by atoms with E-state index in [2.05, 4.69) is 5.32 Å². The minimum atomic E-state index is -0.835. The first kappa shape index (κ1) is 17.3. The Balaban J connectivity index is 1.94. The smallest absolute Gasteiger partial charge is 0.408 e. The zero-order valence-electron chi connectivity index (χ0n) is 15.0. The van der Waals surface area contributed by atoms with Crippen molar-refractivity contribution in [1.29, 1.82) is 0 Å². The van der Waals surface area contributed by atoms with Gasteiger partial charge in [-0.25, -0.2) is 4.79 Å². The number of ether oxygens (including phenoxy) is 1. The van der Waals surface area contributed by atoms with Crippen molar-refractivity contribution in [3.8, 4) is 0 Å². The van der Waals surface area contributed by atoms with Crippen molar-refractivity contribution in [3.05, 3.63) is 59.5 Å². The van der Waals surface area contributed by atoms with Gasteiger partial charge in [-0.1, -0.05) is 24.3 Å². The second kappa shape index (κ2) is 6.06. The maximum absolute atomic E-state index is 13.1. The van der Waals surface area contributed by atoms with Crippen molar-refractivity contribution >= 4 is 11.9 Å². The molecule has 5 heteroatoms. The molecule has 1 heterocycles. The lowest BCUT2D eigenvalue weighted by atomic mass is 9.77. The van der Waals surface area contributed by atoms with Crippen molar-refractivity contribution in [2.75, 3.05) is 0 Å². The van der Waals surface area contributed by atoms with E-state index in [9.17, 15) is 9.59 Å². The number of rotatable bonds is 3. The van der Waals surface area contributed by atoms with Gasteiger partial charge < -0.3 is 14.5 Å². The van der Waals surface area contributed by atoms with Gasteiger partial charge in [-0.05, 0) is 51.8 Å². The number of Topliss-reactive ketones (excluding diaryl/α,β-unsaturated/α-hetero) is 1. The van der Waals surface area contributed by atoms with E-state index >= 15 is 0 Å². The number of hydrogen-bond donors (Lipinski definition) is 1. The maximum atomic E-state index is 13.1. The van der Waals surface area contributed by atoms with Crippen molar-refractivity contribution in [2.24, 2.45) is 5.41 Å². The van der Waals surface area contributed by atoms with E-state index in [0.29, 0.717) is 17.7 Å². The molecule has 0 fully saturated rings. The van der Waals surface area contributed by atoms with Crippen LogP contribution in [0.2, 0.25) is 0 Å². The average molecular weight is 341 g/mol. The van der Waals surface area contributed by atoms with Gasteiger partial charge in [0.25, 0.3) is 0 Å². The SMILES string of the molecule is CC(C)(C)OC(=O)N[C@@H](c1ccco1)[C@@]1(C)Cc2ccccc2C1=O. The van der Waals surface area contributed by atoms with E-state index in [1.165, 1.54) is 6.26 Å². The molecule has 0 saturated carbocycles. The molecule has 0 bridgehead atoms. The second-order valence-electron chi connectivity index (χ2n) is 7.68. The Bertz CT molecular complexity index is 788. The van der Waals surface area contributed by atoms with E-state index in [1.54, 1.807) is 32.9 Å². The molecular weight excluding hydrogens is 318 g/mol. The van der Waals surface area contributed by atoms with Crippen molar-refractivity contribution in [1.82, 2.24) is 5.32 Å². The van der Waals surface area contributed by atoms with Gasteiger partial charge in [-0.2, -0.15) is 0 Å². The Morgan fingerprint density at radius 2 is 1.96 bits per heavy atom. The third kappa shape index (κ3) is 3.31. The molecule has 1 aromatic heterocycles. The Morgan fingerprint density at radius 1 is 1.24 bits per heavy atom. The lowest BCUT2D eigenvalue weighted by Gasteiger charge is -2.32. The Labute approximate surface area is 147 Å². The van der Waals surface area contributed by atoms with E-state index < -0.39 is 23.2 Å². The molecule has 0 radical (unpaired) electrons. The minimum Gasteiger partial charge on any atom is -0.467 e. The zero-order valence-corrected chi connectivity index (χ0v) is 15.0. The van der Waals surface area contributed by atoms with Crippen LogP contribution in [0, 0.1) is 5.41 Å². The molecule has 2 aromatic rings. The molecule has 1 N–H and O–H groups in total. The first-order valence-electron chi connectivity index (χ1n) is 8.36. The van der Waals surface area contributed by atoms with Gasteiger partial charge in [0, 0.05) is 5.56 Å². The zero-order chi connectivity index (χ0) is 18.2. The highest BCUT2D eigenvalue weighted by Crippen LogP contribution is 2.45. The monoisotopic (exact) mass is 341 g/mol. The highest BCUT2D eigenvalue weighted by atomic mass is 16.6. The van der Waals surface area contributed by atoms with Gasteiger partial charge in [0.05, 0.1) is 11.7 Å². The van der Waals surface area contributed by atoms with Gasteiger partial charge >= 0.3 is 6.09 Å². The van der Waals surface area contributed by atoms with Gasteiger partial charge in [0.1, 0.15) is 17.4 Å². The number of amides is 1. The summed E-state index contributed by atoms with van der Waals surface area (Å²) in [4.78, 5) is 25.4. The van der Waals surface area contributed by atoms with Crippen LogP contribution in [0.5, 0.6) is 0 Å². The molecule has 1 aliphatic rings. The normalized spacial score (nSPS) is 20.9. The topological polar surface area (TPSA) is 68.5 Å². The van der Waals surface area contributed by atoms with Crippen LogP contribution in [0.1, 0.15) is 55.4 Å². The lowest BCUT2D eigenvalue weighted by Crippen LogP contribution is -2.44. The summed E-state index contributed by atoms with van der Waals surface area (Å²) < 4.78 is 10.9. The minimum absolute atomic E-state index is 0.000517. The molecule has 1 amide bonds. The van der Waals surface area contributed by atoms with Crippen LogP contribution in [-0.4, -0.2) is 17.5 Å². The highest BCUT2D eigenvalue weighted by molar-refractivity contribution is 6.05. The second-order valence-corrected chi connectivity index (χ2v) is 7.68. The molecule has 25 heavy (non-hydrogen) atoms. The summed E-state index contributed by atoms with van der Waals surface area (Å²) in [7, 11) is 0. The van der Waals surface area contributed by atoms with Crippen LogP contribution in [0.25, 0.3) is 0 Å². The molecule has 2 atom stereocenters. The molecule has 1 aliphatic carbocycles. The molecule has 0 aliphatic heterocycles. The number of carbonyl (C=O) groups is 2. The molecule has 3 rings (SSSR count). The van der Waals surface area contributed by atoms with Gasteiger partial charge in [-0.3, -0.25) is 4.79 Å². The molecule has 1 aromatic carbocycles. The van der Waals surface area contributed by atoms with Gasteiger partial charge in [0.15, 0.2) is 5.78 Å². The van der Waals surface area contributed by atoms with E-state index in [-0.39, 0.29) is 5.78 Å². The van der Waals surface area contributed by atoms with Gasteiger partial charge in [0.2, 0.25) is 0 Å². The fourth-order valence-electron chi connectivity index (χ4n) is 3.34. The standard InChI is InChI=1S/C20H23NO4/c1-19(2,3)25-18(23)21-16(15-10-7-11-24-15)20(4)12-13-8-5-6-9-14(13)17(20)22/h5-11,16H,12H2,1-4H3,(H,21,23)/t16-,20+/m0/s1. The quantitative estimate of drug-likeness (QED) is 0.904. The summed E-state index contributed by atoms with van der Waals surface area (Å²) in [5.74, 6) is 0.537. The fourth-order valence-corrected chi connectivity index (χ4v) is 3.34. The molecular formula is C20H23NO4. The predicted molar refractivity (Wildman–Crippen MR) is 93.4 cm³/mol. The number of benzene rings is 1. The number of furan rings is 1. The predicted octanol–water partition coefficient (Wildman–Crippen LogP) is 4.29. The summed E-state index contributed by atoms with van der Waals surface area (Å²) in [6.07, 6.45) is 1.50. The van der Waals surface area contributed by atoms with Gasteiger partial charge in [-0.15, -0.1) is 0 Å². The highest BCUT2D eigenvalue weighted by Gasteiger charge is 2.49. The lowest BCUT2D eigenvalue weighted by molar-refractivity contribution is 0.0428. The Morgan fingerprint density at radius 3 is 2.56 bits per heavy atom. The fraction of sp³-hybridized carbons (Fsp3) is 0.400. The average Bonchev–Trinajstić information content (AvgIpc) is 3.12. The number of fused-ring (bicyclic) bond motifs is 1. The van der Waals surface area contributed by atoms with E-state index in [4.69, 9.17) is 9.15 Å². The third-order valence-electron chi connectivity index (χ3n) is 4.46. The first-order valence-corrected chi connectivity index (χ1v) is 8.36. The maximum Gasteiger partial charge on any atom is 0.408 e. The summed E-state index contributed by atoms with van der Waals surface area (Å²) in [5.41, 5.74) is 0.227. The van der Waals surface area contributed by atoms with Crippen LogP contribution in [-0.2, 0) is 11.2 Å². The van der Waals surface area contributed by atoms with Crippen molar-refractivity contribution in [3.63, 3.8) is 0 Å². The third-order valence-corrected chi connectivity index (χ3v) is 4.46. The number of ketones is 1. The van der Waals surface area contributed by atoms with E-state index in [0.717, 1.165) is 5.56 Å². The molecule has 0 saturated heterocycles. The molecule has 0 spiro atoms. The summed E-state index contributed by atoms with van der Waals surface area (Å²) in [5, 5.41) is 2.85. The molecule has 0 unspecified atom stereocenters. The largest absolute Gasteiger partial charge is 0.467 e. The number of nitrogens with one attached hydrogen (secondary N) is 1. The first-order chi connectivity index (χ1) is 11.7. The molecule has 132 valence electrons. The van der Waals surface area contributed by atoms with Crippen LogP contribution in [0.15, 0.2) is 47.1 Å². The van der Waals surface area contributed by atoms with Crippen molar-refractivity contribution in [2.45, 2.75) is 45.8 Å². The Kier molecular flexibility index (Phi) is 4.19. The van der Waals surface area contributed by atoms with E-state index in [1.807, 2.05) is 31.2 Å². The van der Waals surface area contributed by atoms with Crippen LogP contribution in [0.3, 0.4) is 0 Å². The van der Waals surface area contributed by atoms with Crippen LogP contribution >= 0.6 is 0 Å². The number of hydrogen-bond acceptors (Lipinski definition) is 4.